The van der Waals surface area contributed by atoms with Crippen LogP contribution in [-0.2, 0) is 0 Å². The first-order valence-electron chi connectivity index (χ1n) is 5.76. The molecule has 2 aromatic rings. The SMILES string of the molecule is CC.Cc1ccc(-c2cnoc2C)cc1[N+](=O)[O-]. The summed E-state index contributed by atoms with van der Waals surface area (Å²) in [4.78, 5) is 10.4. The first kappa shape index (κ1) is 13.9. The van der Waals surface area contributed by atoms with E-state index in [0.29, 0.717) is 11.3 Å². The summed E-state index contributed by atoms with van der Waals surface area (Å²) in [6.45, 7) is 7.48. The Morgan fingerprint density at radius 3 is 2.44 bits per heavy atom. The van der Waals surface area contributed by atoms with Gasteiger partial charge >= 0.3 is 0 Å². The van der Waals surface area contributed by atoms with Crippen molar-refractivity contribution < 1.29 is 9.45 Å². The summed E-state index contributed by atoms with van der Waals surface area (Å²) in [7, 11) is 0. The van der Waals surface area contributed by atoms with Gasteiger partial charge < -0.3 is 4.52 Å². The number of hydrogen-bond acceptors (Lipinski definition) is 4. The molecule has 0 N–H and O–H groups in total. The molecule has 0 spiro atoms. The number of nitro benzene ring substituents is 1. The number of nitro groups is 1. The molecule has 0 aliphatic carbocycles. The van der Waals surface area contributed by atoms with E-state index in [1.807, 2.05) is 19.9 Å². The van der Waals surface area contributed by atoms with Crippen LogP contribution in [0, 0.1) is 24.0 Å². The van der Waals surface area contributed by atoms with E-state index in [4.69, 9.17) is 4.52 Å². The number of rotatable bonds is 2. The molecule has 0 amide bonds. The summed E-state index contributed by atoms with van der Waals surface area (Å²) in [6.07, 6.45) is 1.56. The lowest BCUT2D eigenvalue weighted by atomic mass is 10.0. The average Bonchev–Trinajstić information content (AvgIpc) is 2.78. The van der Waals surface area contributed by atoms with Crippen LogP contribution in [0.2, 0.25) is 0 Å². The summed E-state index contributed by atoms with van der Waals surface area (Å²) < 4.78 is 4.93. The van der Waals surface area contributed by atoms with Gasteiger partial charge in [-0.1, -0.05) is 31.1 Å². The van der Waals surface area contributed by atoms with Crippen LogP contribution < -0.4 is 0 Å². The molecule has 0 saturated carbocycles. The molecule has 1 heterocycles. The zero-order valence-electron chi connectivity index (χ0n) is 10.9. The van der Waals surface area contributed by atoms with Crippen LogP contribution in [0.25, 0.3) is 11.1 Å². The molecule has 0 fully saturated rings. The summed E-state index contributed by atoms with van der Waals surface area (Å²) in [5.74, 6) is 0.651. The topological polar surface area (TPSA) is 69.2 Å². The summed E-state index contributed by atoms with van der Waals surface area (Å²) in [6, 6.07) is 5.08. The summed E-state index contributed by atoms with van der Waals surface area (Å²) in [5.41, 5.74) is 2.28. The molecule has 5 heteroatoms. The van der Waals surface area contributed by atoms with Gasteiger partial charge in [0.2, 0.25) is 0 Å². The lowest BCUT2D eigenvalue weighted by molar-refractivity contribution is -0.385. The predicted molar refractivity (Wildman–Crippen MR) is 69.4 cm³/mol. The minimum atomic E-state index is -0.387. The minimum absolute atomic E-state index is 0.109. The van der Waals surface area contributed by atoms with Crippen molar-refractivity contribution in [3.63, 3.8) is 0 Å². The third-order valence-corrected chi connectivity index (χ3v) is 2.47. The van der Waals surface area contributed by atoms with Crippen LogP contribution in [0.4, 0.5) is 5.69 Å². The van der Waals surface area contributed by atoms with E-state index >= 15 is 0 Å². The molecule has 0 unspecified atom stereocenters. The van der Waals surface area contributed by atoms with E-state index < -0.39 is 0 Å². The molecule has 96 valence electrons. The molecule has 0 atom stereocenters. The Kier molecular flexibility index (Phi) is 4.59. The zero-order chi connectivity index (χ0) is 13.7. The summed E-state index contributed by atoms with van der Waals surface area (Å²) in [5, 5.41) is 14.4. The number of benzene rings is 1. The van der Waals surface area contributed by atoms with Gasteiger partial charge in [-0.25, -0.2) is 0 Å². The average molecular weight is 248 g/mol. The summed E-state index contributed by atoms with van der Waals surface area (Å²) >= 11 is 0. The molecule has 18 heavy (non-hydrogen) atoms. The van der Waals surface area contributed by atoms with Crippen LogP contribution >= 0.6 is 0 Å². The third-order valence-electron chi connectivity index (χ3n) is 2.47. The standard InChI is InChI=1S/C11H10N2O3.C2H6/c1-7-3-4-9(5-11(7)13(14)15)10-6-12-16-8(10)2;1-2/h3-6H,1-2H3;1-2H3. The Hall–Kier alpha value is -2.17. The van der Waals surface area contributed by atoms with Crippen molar-refractivity contribution in [1.29, 1.82) is 0 Å². The molecule has 1 aromatic carbocycles. The van der Waals surface area contributed by atoms with Crippen LogP contribution in [0.15, 0.2) is 28.9 Å². The minimum Gasteiger partial charge on any atom is -0.361 e. The van der Waals surface area contributed by atoms with Crippen molar-refractivity contribution in [3.8, 4) is 11.1 Å². The lowest BCUT2D eigenvalue weighted by Gasteiger charge is -2.01. The van der Waals surface area contributed by atoms with Gasteiger partial charge in [0.1, 0.15) is 5.76 Å². The van der Waals surface area contributed by atoms with Gasteiger partial charge in [-0.2, -0.15) is 0 Å². The Balaban J connectivity index is 0.000000771. The van der Waals surface area contributed by atoms with Gasteiger partial charge in [0.15, 0.2) is 0 Å². The first-order chi connectivity index (χ1) is 8.59. The van der Waals surface area contributed by atoms with E-state index in [9.17, 15) is 10.1 Å². The number of aromatic nitrogens is 1. The van der Waals surface area contributed by atoms with Gasteiger partial charge in [0.05, 0.1) is 11.1 Å². The van der Waals surface area contributed by atoms with Crippen LogP contribution in [0.5, 0.6) is 0 Å². The molecule has 0 saturated heterocycles. The quantitative estimate of drug-likeness (QED) is 0.597. The highest BCUT2D eigenvalue weighted by Crippen LogP contribution is 2.28. The third kappa shape index (κ3) is 2.74. The van der Waals surface area contributed by atoms with E-state index in [1.165, 1.54) is 6.07 Å². The van der Waals surface area contributed by atoms with Crippen LogP contribution in [0.3, 0.4) is 0 Å². The maximum atomic E-state index is 10.8. The van der Waals surface area contributed by atoms with Crippen molar-refractivity contribution in [2.45, 2.75) is 27.7 Å². The van der Waals surface area contributed by atoms with Crippen molar-refractivity contribution in [3.05, 3.63) is 45.8 Å². The molecule has 5 nitrogen and oxygen atoms in total. The maximum Gasteiger partial charge on any atom is 0.272 e. The Morgan fingerprint density at radius 1 is 1.28 bits per heavy atom. The first-order valence-corrected chi connectivity index (χ1v) is 5.76. The maximum absolute atomic E-state index is 10.8. The second kappa shape index (κ2) is 5.95. The molecule has 0 aliphatic heterocycles. The normalized spacial score (nSPS) is 9.56. The second-order valence-electron chi connectivity index (χ2n) is 3.55. The van der Waals surface area contributed by atoms with E-state index in [2.05, 4.69) is 5.16 Å². The van der Waals surface area contributed by atoms with Crippen molar-refractivity contribution in [1.82, 2.24) is 5.16 Å². The van der Waals surface area contributed by atoms with Crippen molar-refractivity contribution in [2.75, 3.05) is 0 Å². The van der Waals surface area contributed by atoms with Crippen molar-refractivity contribution >= 4 is 5.69 Å². The van der Waals surface area contributed by atoms with Gasteiger partial charge in [-0.05, 0) is 19.4 Å². The molecular formula is C13H16N2O3. The van der Waals surface area contributed by atoms with E-state index in [1.54, 1.807) is 26.1 Å². The predicted octanol–water partition coefficient (Wildman–Crippen LogP) is 3.89. The molecule has 1 aromatic heterocycles. The highest BCUT2D eigenvalue weighted by atomic mass is 16.6. The van der Waals surface area contributed by atoms with Crippen molar-refractivity contribution in [2.24, 2.45) is 0 Å². The van der Waals surface area contributed by atoms with Gasteiger partial charge in [0, 0.05) is 17.2 Å². The molecule has 0 aliphatic rings. The highest BCUT2D eigenvalue weighted by molar-refractivity contribution is 5.68. The largest absolute Gasteiger partial charge is 0.361 e. The van der Waals surface area contributed by atoms with Crippen LogP contribution in [-0.4, -0.2) is 10.1 Å². The smallest absolute Gasteiger partial charge is 0.272 e. The number of aryl methyl sites for hydroxylation is 2. The molecule has 2 rings (SSSR count). The fourth-order valence-corrected chi connectivity index (χ4v) is 1.55. The number of nitrogens with zero attached hydrogens (tertiary/aromatic N) is 2. The zero-order valence-corrected chi connectivity index (χ0v) is 10.9. The van der Waals surface area contributed by atoms with Crippen LogP contribution in [0.1, 0.15) is 25.2 Å². The number of hydrogen-bond donors (Lipinski definition) is 0. The van der Waals surface area contributed by atoms with E-state index in [-0.39, 0.29) is 10.6 Å². The molecule has 0 bridgehead atoms. The highest BCUT2D eigenvalue weighted by Gasteiger charge is 2.14. The van der Waals surface area contributed by atoms with Gasteiger partial charge in [0.25, 0.3) is 5.69 Å². The van der Waals surface area contributed by atoms with E-state index in [0.717, 1.165) is 11.1 Å². The van der Waals surface area contributed by atoms with Gasteiger partial charge in [-0.3, -0.25) is 10.1 Å². The Morgan fingerprint density at radius 2 is 1.94 bits per heavy atom. The molecule has 0 radical (unpaired) electrons. The fourth-order valence-electron chi connectivity index (χ4n) is 1.55. The monoisotopic (exact) mass is 248 g/mol. The molecular weight excluding hydrogens is 232 g/mol. The Bertz CT molecular complexity index is 547. The Labute approximate surface area is 106 Å². The fraction of sp³-hybridized carbons (Fsp3) is 0.308. The second-order valence-corrected chi connectivity index (χ2v) is 3.55. The van der Waals surface area contributed by atoms with Gasteiger partial charge in [-0.15, -0.1) is 0 Å². The lowest BCUT2D eigenvalue weighted by Crippen LogP contribution is -1.92.